The molecule has 0 saturated heterocycles. The van der Waals surface area contributed by atoms with E-state index in [-0.39, 0.29) is 5.97 Å². The van der Waals surface area contributed by atoms with E-state index >= 15 is 0 Å². The lowest BCUT2D eigenvalue weighted by atomic mass is 10.4. The van der Waals surface area contributed by atoms with E-state index in [4.69, 9.17) is 0 Å². The van der Waals surface area contributed by atoms with Gasteiger partial charge in [0.05, 0.1) is 6.61 Å². The molecule has 0 amide bonds. The first kappa shape index (κ1) is 9.94. The van der Waals surface area contributed by atoms with Gasteiger partial charge in [0.25, 0.3) is 0 Å². The van der Waals surface area contributed by atoms with Gasteiger partial charge < -0.3 is 4.74 Å². The van der Waals surface area contributed by atoms with Gasteiger partial charge in [-0.3, -0.25) is 0 Å². The highest BCUT2D eigenvalue weighted by atomic mass is 127. The van der Waals surface area contributed by atoms with Gasteiger partial charge in [0.15, 0.2) is 0 Å². The van der Waals surface area contributed by atoms with Gasteiger partial charge in [0, 0.05) is 10.0 Å². The molecule has 0 aromatic carbocycles. The molecule has 3 heteroatoms. The summed E-state index contributed by atoms with van der Waals surface area (Å²) < 4.78 is 5.04. The summed E-state index contributed by atoms with van der Waals surface area (Å²) in [4.78, 5) is 10.6. The van der Waals surface area contributed by atoms with Crippen LogP contribution in [0.15, 0.2) is 12.2 Å². The summed E-state index contributed by atoms with van der Waals surface area (Å²) in [6.07, 6.45) is 3.26. The number of carbonyl (C=O) groups is 1. The lowest BCUT2D eigenvalue weighted by Crippen LogP contribution is -1.99. The maximum Gasteiger partial charge on any atom is 0.330 e. The van der Waals surface area contributed by atoms with Gasteiger partial charge in [0.2, 0.25) is 0 Å². The highest BCUT2D eigenvalue weighted by molar-refractivity contribution is 14.1. The molecule has 0 aromatic rings. The van der Waals surface area contributed by atoms with Crippen LogP contribution in [0.1, 0.15) is 13.8 Å². The minimum atomic E-state index is -0.258. The van der Waals surface area contributed by atoms with Crippen molar-refractivity contribution in [3.05, 3.63) is 12.2 Å². The summed E-state index contributed by atoms with van der Waals surface area (Å²) >= 11 is 2.21. The fourth-order valence-electron chi connectivity index (χ4n) is 0.402. The summed E-state index contributed by atoms with van der Waals surface area (Å²) in [5.74, 6) is -0.258. The van der Waals surface area contributed by atoms with Crippen LogP contribution in [0, 0.1) is 0 Å². The highest BCUT2D eigenvalue weighted by Gasteiger charge is 1.93. The molecule has 0 aromatic heterocycles. The van der Waals surface area contributed by atoms with Gasteiger partial charge in [-0.2, -0.15) is 0 Å². The maximum absolute atomic E-state index is 10.6. The third-order valence-electron chi connectivity index (χ3n) is 0.784. The van der Waals surface area contributed by atoms with Gasteiger partial charge >= 0.3 is 5.97 Å². The van der Waals surface area contributed by atoms with Gasteiger partial charge in [-0.1, -0.05) is 28.7 Å². The molecule has 58 valence electrons. The Balaban J connectivity index is 3.56. The first-order valence-corrected chi connectivity index (χ1v) is 4.40. The van der Waals surface area contributed by atoms with Crippen LogP contribution < -0.4 is 0 Å². The van der Waals surface area contributed by atoms with Crippen LogP contribution >= 0.6 is 22.6 Å². The SMILES string of the molecule is CCOC(=O)/C=C/C(C)I. The van der Waals surface area contributed by atoms with E-state index in [0.717, 1.165) is 0 Å². The quantitative estimate of drug-likeness (QED) is 0.333. The van der Waals surface area contributed by atoms with Crippen LogP contribution in [0.25, 0.3) is 0 Å². The monoisotopic (exact) mass is 254 g/mol. The van der Waals surface area contributed by atoms with Crippen molar-refractivity contribution in [1.29, 1.82) is 0 Å². The molecule has 1 atom stereocenters. The number of alkyl halides is 1. The van der Waals surface area contributed by atoms with Crippen molar-refractivity contribution in [2.24, 2.45) is 0 Å². The molecule has 0 radical (unpaired) electrons. The van der Waals surface area contributed by atoms with E-state index < -0.39 is 0 Å². The minimum Gasteiger partial charge on any atom is -0.463 e. The predicted octanol–water partition coefficient (Wildman–Crippen LogP) is 1.93. The number of esters is 1. The molecule has 0 aliphatic heterocycles. The van der Waals surface area contributed by atoms with Crippen LogP contribution in [0.3, 0.4) is 0 Å². The summed E-state index contributed by atoms with van der Waals surface area (Å²) in [5.41, 5.74) is 0. The second-order valence-electron chi connectivity index (χ2n) is 1.79. The van der Waals surface area contributed by atoms with Crippen LogP contribution in [0.4, 0.5) is 0 Å². The molecule has 10 heavy (non-hydrogen) atoms. The standard InChI is InChI=1S/C7H11IO2/c1-3-10-7(9)5-4-6(2)8/h4-6H,3H2,1-2H3/b5-4+. The number of carbonyl (C=O) groups excluding carboxylic acids is 1. The molecule has 0 saturated carbocycles. The van der Waals surface area contributed by atoms with Crippen molar-refractivity contribution in [2.75, 3.05) is 6.61 Å². The molecule has 0 N–H and O–H groups in total. The summed E-state index contributed by atoms with van der Waals surface area (Å²) in [5, 5.41) is 0. The smallest absolute Gasteiger partial charge is 0.330 e. The molecular weight excluding hydrogens is 243 g/mol. The fourth-order valence-corrected chi connectivity index (χ4v) is 0.609. The fraction of sp³-hybridized carbons (Fsp3) is 0.571. The summed E-state index contributed by atoms with van der Waals surface area (Å²) in [7, 11) is 0. The van der Waals surface area contributed by atoms with E-state index in [9.17, 15) is 4.79 Å². The van der Waals surface area contributed by atoms with Crippen molar-refractivity contribution < 1.29 is 9.53 Å². The summed E-state index contributed by atoms with van der Waals surface area (Å²) in [6, 6.07) is 0. The molecular formula is C7H11IO2. The molecule has 0 spiro atoms. The van der Waals surface area contributed by atoms with Crippen LogP contribution in [0.5, 0.6) is 0 Å². The number of halogens is 1. The van der Waals surface area contributed by atoms with Crippen molar-refractivity contribution in [3.63, 3.8) is 0 Å². The van der Waals surface area contributed by atoms with E-state index in [1.54, 1.807) is 13.0 Å². The number of allylic oxidation sites excluding steroid dienone is 1. The van der Waals surface area contributed by atoms with Crippen LogP contribution in [-0.4, -0.2) is 16.5 Å². The summed E-state index contributed by atoms with van der Waals surface area (Å²) in [6.45, 7) is 4.23. The second kappa shape index (κ2) is 5.70. The Hall–Kier alpha value is -0.0600. The Morgan fingerprint density at radius 2 is 2.40 bits per heavy atom. The number of hydrogen-bond donors (Lipinski definition) is 0. The second-order valence-corrected chi connectivity index (χ2v) is 3.75. The Kier molecular flexibility index (Phi) is 5.67. The lowest BCUT2D eigenvalue weighted by Gasteiger charge is -1.94. The lowest BCUT2D eigenvalue weighted by molar-refractivity contribution is -0.137. The van der Waals surface area contributed by atoms with Gasteiger partial charge in [-0.05, 0) is 13.8 Å². The molecule has 1 unspecified atom stereocenters. The molecule has 2 nitrogen and oxygen atoms in total. The number of ether oxygens (including phenoxy) is 1. The molecule has 0 heterocycles. The Morgan fingerprint density at radius 1 is 1.80 bits per heavy atom. The Labute approximate surface area is 74.8 Å². The zero-order chi connectivity index (χ0) is 7.98. The first-order chi connectivity index (χ1) is 4.66. The normalized spacial score (nSPS) is 13.5. The average Bonchev–Trinajstić information content (AvgIpc) is 1.85. The van der Waals surface area contributed by atoms with E-state index in [1.165, 1.54) is 6.08 Å². The van der Waals surface area contributed by atoms with Gasteiger partial charge in [-0.25, -0.2) is 4.79 Å². The highest BCUT2D eigenvalue weighted by Crippen LogP contribution is 1.99. The number of rotatable bonds is 3. The maximum atomic E-state index is 10.6. The molecule has 0 rings (SSSR count). The molecule has 0 bridgehead atoms. The van der Waals surface area contributed by atoms with Gasteiger partial charge in [-0.15, -0.1) is 0 Å². The van der Waals surface area contributed by atoms with E-state index in [1.807, 2.05) is 6.92 Å². The predicted molar refractivity (Wildman–Crippen MR) is 49.3 cm³/mol. The van der Waals surface area contributed by atoms with Crippen molar-refractivity contribution in [1.82, 2.24) is 0 Å². The average molecular weight is 254 g/mol. The topological polar surface area (TPSA) is 26.3 Å². The van der Waals surface area contributed by atoms with Crippen LogP contribution in [-0.2, 0) is 9.53 Å². The van der Waals surface area contributed by atoms with Gasteiger partial charge in [0.1, 0.15) is 0 Å². The zero-order valence-corrected chi connectivity index (χ0v) is 8.29. The Bertz CT molecular complexity index is 130. The molecule has 0 aliphatic carbocycles. The zero-order valence-electron chi connectivity index (χ0n) is 6.13. The Morgan fingerprint density at radius 3 is 2.80 bits per heavy atom. The molecule has 0 aliphatic rings. The number of hydrogen-bond acceptors (Lipinski definition) is 2. The minimum absolute atomic E-state index is 0.258. The molecule has 0 fully saturated rings. The third-order valence-corrected chi connectivity index (χ3v) is 1.20. The van der Waals surface area contributed by atoms with Crippen molar-refractivity contribution in [3.8, 4) is 0 Å². The van der Waals surface area contributed by atoms with Crippen molar-refractivity contribution in [2.45, 2.75) is 17.8 Å². The largest absolute Gasteiger partial charge is 0.463 e. The third kappa shape index (κ3) is 6.07. The first-order valence-electron chi connectivity index (χ1n) is 3.15. The van der Waals surface area contributed by atoms with E-state index in [2.05, 4.69) is 27.3 Å². The van der Waals surface area contributed by atoms with E-state index in [0.29, 0.717) is 10.5 Å². The van der Waals surface area contributed by atoms with Crippen LogP contribution in [0.2, 0.25) is 0 Å². The van der Waals surface area contributed by atoms with Crippen molar-refractivity contribution >= 4 is 28.6 Å².